The summed E-state index contributed by atoms with van der Waals surface area (Å²) in [6.45, 7) is 21.8. The van der Waals surface area contributed by atoms with Crippen LogP contribution in [0.1, 0.15) is 68.2 Å². The summed E-state index contributed by atoms with van der Waals surface area (Å²) >= 11 is 0. The average Bonchev–Trinajstić information content (AvgIpc) is 2.38. The van der Waals surface area contributed by atoms with Gasteiger partial charge >= 0.3 is 0 Å². The van der Waals surface area contributed by atoms with Crippen LogP contribution in [0.4, 0.5) is 0 Å². The molecular formula is C20H47N2S+. The van der Waals surface area contributed by atoms with Crippen molar-refractivity contribution in [2.75, 3.05) is 47.0 Å². The zero-order valence-corrected chi connectivity index (χ0v) is 19.2. The summed E-state index contributed by atoms with van der Waals surface area (Å²) in [5.41, 5.74) is 2.87. The van der Waals surface area contributed by atoms with Crippen molar-refractivity contribution in [2.45, 2.75) is 73.0 Å². The van der Waals surface area contributed by atoms with Gasteiger partial charge in [-0.2, -0.15) is 10.5 Å². The lowest BCUT2D eigenvalue weighted by Crippen LogP contribution is -2.41. The molecule has 0 saturated heterocycles. The van der Waals surface area contributed by atoms with E-state index in [1.807, 2.05) is 13.8 Å². The second kappa shape index (κ2) is 10.9. The zero-order chi connectivity index (χ0) is 18.9. The number of rotatable bonds is 8. The van der Waals surface area contributed by atoms with E-state index >= 15 is 0 Å². The van der Waals surface area contributed by atoms with Crippen molar-refractivity contribution in [3.63, 3.8) is 0 Å². The van der Waals surface area contributed by atoms with E-state index in [4.69, 9.17) is 0 Å². The summed E-state index contributed by atoms with van der Waals surface area (Å²) in [7, 11) is 7.19. The summed E-state index contributed by atoms with van der Waals surface area (Å²) in [5, 5.41) is 0. The molecule has 0 aliphatic rings. The molecule has 0 aromatic carbocycles. The molecule has 0 fully saturated rings. The molecule has 3 heteroatoms. The Morgan fingerprint density at radius 2 is 1.52 bits per heavy atom. The molecule has 0 aliphatic carbocycles. The van der Waals surface area contributed by atoms with E-state index in [0.717, 1.165) is 4.48 Å². The van der Waals surface area contributed by atoms with Gasteiger partial charge in [-0.05, 0) is 32.1 Å². The van der Waals surface area contributed by atoms with Crippen LogP contribution in [0.5, 0.6) is 0 Å². The first kappa shape index (κ1) is 25.4. The van der Waals surface area contributed by atoms with Gasteiger partial charge in [0.15, 0.2) is 0 Å². The summed E-state index contributed by atoms with van der Waals surface area (Å²) in [5.74, 6) is 0. The fourth-order valence-corrected chi connectivity index (χ4v) is 4.35. The molecule has 0 aliphatic heterocycles. The molecule has 0 aromatic rings. The quantitative estimate of drug-likeness (QED) is 0.425. The van der Waals surface area contributed by atoms with Crippen molar-refractivity contribution in [1.82, 2.24) is 4.90 Å². The van der Waals surface area contributed by atoms with E-state index in [0.29, 0.717) is 20.6 Å². The van der Waals surface area contributed by atoms with Gasteiger partial charge in [0.05, 0.1) is 27.2 Å². The molecule has 23 heavy (non-hydrogen) atoms. The van der Waals surface area contributed by atoms with Crippen LogP contribution >= 0.6 is 10.5 Å². The molecule has 0 N–H and O–H groups in total. The van der Waals surface area contributed by atoms with E-state index in [1.165, 1.54) is 32.5 Å². The third kappa shape index (κ3) is 13.1. The second-order valence-electron chi connectivity index (χ2n) is 8.97. The highest BCUT2D eigenvalue weighted by molar-refractivity contribution is 8.15. The lowest BCUT2D eigenvalue weighted by Gasteiger charge is -2.35. The molecule has 0 bridgehead atoms. The molecular weight excluding hydrogens is 300 g/mol. The fourth-order valence-electron chi connectivity index (χ4n) is 2.76. The van der Waals surface area contributed by atoms with Gasteiger partial charge in [-0.3, -0.25) is 4.90 Å². The van der Waals surface area contributed by atoms with E-state index in [2.05, 4.69) is 79.3 Å². The summed E-state index contributed by atoms with van der Waals surface area (Å²) < 4.78 is 1.51. The molecule has 0 rings (SSSR count). The third-order valence-corrected chi connectivity index (χ3v) is 6.86. The van der Waals surface area contributed by atoms with Gasteiger partial charge in [0.2, 0.25) is 0 Å². The van der Waals surface area contributed by atoms with Gasteiger partial charge in [-0.1, -0.05) is 48.5 Å². The number of hydrogen-bond donors (Lipinski definition) is 0. The monoisotopic (exact) mass is 347 g/mol. The zero-order valence-electron chi connectivity index (χ0n) is 18.4. The Kier molecular flexibility index (Phi) is 12.0. The largest absolute Gasteiger partial charge is 0.329 e. The van der Waals surface area contributed by atoms with Gasteiger partial charge in [-0.15, -0.1) is 0 Å². The van der Waals surface area contributed by atoms with Crippen molar-refractivity contribution in [1.29, 1.82) is 0 Å². The van der Waals surface area contributed by atoms with Crippen molar-refractivity contribution in [3.05, 3.63) is 0 Å². The lowest BCUT2D eigenvalue weighted by molar-refractivity contribution is -0.888. The first-order valence-corrected chi connectivity index (χ1v) is 11.0. The Morgan fingerprint density at radius 3 is 1.91 bits per heavy atom. The van der Waals surface area contributed by atoms with E-state index in [1.54, 1.807) is 0 Å². The van der Waals surface area contributed by atoms with Crippen LogP contribution in [0.25, 0.3) is 0 Å². The lowest BCUT2D eigenvalue weighted by atomic mass is 9.86. The number of quaternary nitrogens is 1. The molecule has 0 amide bonds. The molecule has 0 spiro atoms. The van der Waals surface area contributed by atoms with Gasteiger partial charge in [0, 0.05) is 23.2 Å². The van der Waals surface area contributed by atoms with Crippen LogP contribution in [-0.2, 0) is 0 Å². The van der Waals surface area contributed by atoms with Crippen molar-refractivity contribution in [2.24, 2.45) is 5.41 Å². The highest BCUT2D eigenvalue weighted by Crippen LogP contribution is 2.39. The Morgan fingerprint density at radius 1 is 1.04 bits per heavy atom. The maximum absolute atomic E-state index is 2.47. The van der Waals surface area contributed by atoms with Crippen LogP contribution in [0.3, 0.4) is 0 Å². The van der Waals surface area contributed by atoms with Crippen LogP contribution in [0.2, 0.25) is 0 Å². The molecule has 1 unspecified atom stereocenters. The SMILES string of the molecule is CC.CC[N+](C)(C)CCCN(C)/C=S(\C)C(C)(C)CC(C)(C)C. The van der Waals surface area contributed by atoms with Crippen molar-refractivity contribution >= 4 is 16.0 Å². The van der Waals surface area contributed by atoms with E-state index < -0.39 is 0 Å². The minimum absolute atomic E-state index is 0.312. The highest BCUT2D eigenvalue weighted by Gasteiger charge is 2.26. The molecule has 142 valence electrons. The van der Waals surface area contributed by atoms with Crippen LogP contribution in [0, 0.1) is 5.41 Å². The molecule has 2 nitrogen and oxygen atoms in total. The second-order valence-corrected chi connectivity index (χ2v) is 11.4. The summed E-state index contributed by atoms with van der Waals surface area (Å²) in [6.07, 6.45) is 4.93. The van der Waals surface area contributed by atoms with Crippen LogP contribution in [0.15, 0.2) is 0 Å². The molecule has 0 saturated carbocycles. The molecule has 0 aromatic heterocycles. The Bertz CT molecular complexity index is 338. The smallest absolute Gasteiger partial charge is 0.0794 e. The van der Waals surface area contributed by atoms with Gasteiger partial charge in [0.25, 0.3) is 0 Å². The van der Waals surface area contributed by atoms with Crippen LogP contribution in [-0.4, -0.2) is 66.7 Å². The molecule has 1 atom stereocenters. The minimum Gasteiger partial charge on any atom is -0.329 e. The first-order chi connectivity index (χ1) is 10.3. The van der Waals surface area contributed by atoms with Gasteiger partial charge in [-0.25, -0.2) is 0 Å². The van der Waals surface area contributed by atoms with Crippen molar-refractivity contribution < 1.29 is 4.48 Å². The first-order valence-electron chi connectivity index (χ1n) is 9.31. The van der Waals surface area contributed by atoms with Crippen molar-refractivity contribution in [3.8, 4) is 0 Å². The molecule has 0 heterocycles. The predicted molar refractivity (Wildman–Crippen MR) is 114 cm³/mol. The standard InChI is InChI=1S/C18H41N2S.C2H6/c1-11-20(8,9)14-12-13-19(7)16-21(10)18(5,6)15-17(2,3)4;1-2/h16H,11-15H2,1-10H3;1-2H3/q+1;. The Balaban J connectivity index is 0. The Hall–Kier alpha value is 0.140. The van der Waals surface area contributed by atoms with E-state index in [-0.39, 0.29) is 0 Å². The van der Waals surface area contributed by atoms with Gasteiger partial charge in [0.1, 0.15) is 0 Å². The summed E-state index contributed by atoms with van der Waals surface area (Å²) in [4.78, 5) is 2.42. The normalized spacial score (nSPS) is 14.7. The fraction of sp³-hybridized carbons (Fsp3) is 0.950. The van der Waals surface area contributed by atoms with Gasteiger partial charge < -0.3 is 4.48 Å². The average molecular weight is 348 g/mol. The van der Waals surface area contributed by atoms with Crippen LogP contribution < -0.4 is 0 Å². The molecule has 0 radical (unpaired) electrons. The van der Waals surface area contributed by atoms with E-state index in [9.17, 15) is 0 Å². The predicted octanol–water partition coefficient (Wildman–Crippen LogP) is 5.30. The topological polar surface area (TPSA) is 3.24 Å². The maximum atomic E-state index is 2.47. The summed E-state index contributed by atoms with van der Waals surface area (Å²) in [6, 6.07) is 0. The maximum Gasteiger partial charge on any atom is 0.0794 e. The Labute approximate surface area is 151 Å². The highest BCUT2D eigenvalue weighted by atomic mass is 32.2. The number of hydrogen-bond acceptors (Lipinski definition) is 0. The number of nitrogens with zero attached hydrogens (tertiary/aromatic N) is 2. The minimum atomic E-state index is 0.312. The third-order valence-electron chi connectivity index (χ3n) is 4.30.